The highest BCUT2D eigenvalue weighted by molar-refractivity contribution is 5.95. The van der Waals surface area contributed by atoms with E-state index in [0.29, 0.717) is 24.3 Å². The van der Waals surface area contributed by atoms with Crippen LogP contribution in [-0.2, 0) is 6.54 Å². The fourth-order valence-electron chi connectivity index (χ4n) is 2.28. The van der Waals surface area contributed by atoms with Gasteiger partial charge in [-0.15, -0.1) is 0 Å². The molecule has 21 heavy (non-hydrogen) atoms. The van der Waals surface area contributed by atoms with Crippen LogP contribution in [0.15, 0.2) is 42.5 Å². The molecule has 0 bridgehead atoms. The van der Waals surface area contributed by atoms with Crippen molar-refractivity contribution in [3.8, 4) is 0 Å². The monoisotopic (exact) mass is 288 g/mol. The Morgan fingerprint density at radius 3 is 2.62 bits per heavy atom. The van der Waals surface area contributed by atoms with Crippen LogP contribution in [0.3, 0.4) is 0 Å². The molecule has 110 valence electrons. The van der Waals surface area contributed by atoms with Gasteiger partial charge in [0.2, 0.25) is 0 Å². The molecule has 2 aromatic carbocycles. The van der Waals surface area contributed by atoms with Crippen molar-refractivity contribution in [3.05, 3.63) is 59.4 Å². The summed E-state index contributed by atoms with van der Waals surface area (Å²) in [6.45, 7) is 2.90. The highest BCUT2D eigenvalue weighted by Gasteiger charge is 2.16. The lowest BCUT2D eigenvalue weighted by Crippen LogP contribution is -2.23. The molecular formula is C16H17FN2O2. The Morgan fingerprint density at radius 2 is 2.00 bits per heavy atom. The van der Waals surface area contributed by atoms with Gasteiger partial charge in [0.25, 0.3) is 0 Å². The van der Waals surface area contributed by atoms with Crippen molar-refractivity contribution in [3.63, 3.8) is 0 Å². The summed E-state index contributed by atoms with van der Waals surface area (Å²) in [5.74, 6) is -1.38. The number of halogens is 1. The lowest BCUT2D eigenvalue weighted by Gasteiger charge is -2.24. The fraction of sp³-hybridized carbons (Fsp3) is 0.188. The topological polar surface area (TPSA) is 66.6 Å². The number of carbonyl (C=O) groups is 1. The zero-order valence-electron chi connectivity index (χ0n) is 11.7. The van der Waals surface area contributed by atoms with E-state index in [-0.39, 0.29) is 17.1 Å². The lowest BCUT2D eigenvalue weighted by molar-refractivity contribution is 0.0697. The number of nitrogen functional groups attached to an aromatic ring is 1. The molecule has 0 saturated heterocycles. The summed E-state index contributed by atoms with van der Waals surface area (Å²) in [5, 5.41) is 9.29. The minimum atomic E-state index is -1.06. The van der Waals surface area contributed by atoms with Crippen molar-refractivity contribution < 1.29 is 14.3 Å². The molecule has 0 heterocycles. The van der Waals surface area contributed by atoms with Crippen LogP contribution >= 0.6 is 0 Å². The van der Waals surface area contributed by atoms with Gasteiger partial charge < -0.3 is 15.7 Å². The Hall–Kier alpha value is -2.56. The molecule has 0 spiro atoms. The van der Waals surface area contributed by atoms with E-state index in [9.17, 15) is 14.3 Å². The van der Waals surface area contributed by atoms with Gasteiger partial charge in [0.1, 0.15) is 5.82 Å². The van der Waals surface area contributed by atoms with Crippen molar-refractivity contribution in [1.29, 1.82) is 0 Å². The molecule has 3 N–H and O–H groups in total. The molecule has 0 radical (unpaired) electrons. The summed E-state index contributed by atoms with van der Waals surface area (Å²) in [4.78, 5) is 13.2. The quantitative estimate of drug-likeness (QED) is 0.829. The Morgan fingerprint density at radius 1 is 1.29 bits per heavy atom. The summed E-state index contributed by atoms with van der Waals surface area (Å²) < 4.78 is 13.3. The van der Waals surface area contributed by atoms with E-state index in [2.05, 4.69) is 0 Å². The molecule has 0 atom stereocenters. The van der Waals surface area contributed by atoms with E-state index < -0.39 is 5.97 Å². The van der Waals surface area contributed by atoms with E-state index in [1.807, 2.05) is 11.8 Å². The standard InChI is InChI=1S/C16H17FN2O2/c1-2-19(13-7-4-6-12(17)9-13)10-11-5-3-8-14(18)15(11)16(20)21/h3-9H,2,10,18H2,1H3,(H,20,21). The Kier molecular flexibility index (Phi) is 4.42. The highest BCUT2D eigenvalue weighted by atomic mass is 19.1. The van der Waals surface area contributed by atoms with Crippen LogP contribution in [-0.4, -0.2) is 17.6 Å². The molecule has 0 fully saturated rings. The Bertz CT molecular complexity index is 658. The van der Waals surface area contributed by atoms with Crippen molar-refractivity contribution in [1.82, 2.24) is 0 Å². The zero-order valence-corrected chi connectivity index (χ0v) is 11.7. The van der Waals surface area contributed by atoms with E-state index >= 15 is 0 Å². The van der Waals surface area contributed by atoms with Gasteiger partial charge in [-0.05, 0) is 36.8 Å². The maximum atomic E-state index is 13.3. The second-order valence-electron chi connectivity index (χ2n) is 4.68. The number of carboxylic acid groups (broad SMARTS) is 1. The fourth-order valence-corrected chi connectivity index (χ4v) is 2.28. The summed E-state index contributed by atoms with van der Waals surface area (Å²) in [6, 6.07) is 11.2. The second-order valence-corrected chi connectivity index (χ2v) is 4.68. The number of nitrogens with zero attached hydrogens (tertiary/aromatic N) is 1. The molecule has 0 aliphatic rings. The third-order valence-electron chi connectivity index (χ3n) is 3.31. The number of nitrogens with two attached hydrogens (primary N) is 1. The number of benzene rings is 2. The van der Waals surface area contributed by atoms with Crippen LogP contribution in [0.2, 0.25) is 0 Å². The SMILES string of the molecule is CCN(Cc1cccc(N)c1C(=O)O)c1cccc(F)c1. The number of aromatic carboxylic acids is 1. The van der Waals surface area contributed by atoms with Gasteiger partial charge in [-0.1, -0.05) is 18.2 Å². The number of carboxylic acids is 1. The minimum absolute atomic E-state index is 0.104. The summed E-state index contributed by atoms with van der Waals surface area (Å²) in [6.07, 6.45) is 0. The predicted molar refractivity (Wildman–Crippen MR) is 80.9 cm³/mol. The first-order valence-electron chi connectivity index (χ1n) is 6.64. The minimum Gasteiger partial charge on any atom is -0.478 e. The molecule has 2 rings (SSSR count). The smallest absolute Gasteiger partial charge is 0.338 e. The van der Waals surface area contributed by atoms with Crippen LogP contribution in [0.25, 0.3) is 0 Å². The molecule has 4 nitrogen and oxygen atoms in total. The maximum absolute atomic E-state index is 13.3. The van der Waals surface area contributed by atoms with Gasteiger partial charge >= 0.3 is 5.97 Å². The Balaban J connectivity index is 2.36. The number of rotatable bonds is 5. The van der Waals surface area contributed by atoms with Crippen LogP contribution < -0.4 is 10.6 Å². The molecule has 2 aromatic rings. The molecule has 0 aromatic heterocycles. The Labute approximate surface area is 122 Å². The van der Waals surface area contributed by atoms with Gasteiger partial charge in [0.05, 0.1) is 5.56 Å². The predicted octanol–water partition coefficient (Wildman–Crippen LogP) is 3.13. The van der Waals surface area contributed by atoms with Crippen molar-refractivity contribution in [2.75, 3.05) is 17.2 Å². The molecule has 5 heteroatoms. The summed E-state index contributed by atoms with van der Waals surface area (Å²) in [7, 11) is 0. The first-order chi connectivity index (χ1) is 10.0. The van der Waals surface area contributed by atoms with Gasteiger partial charge in [0, 0.05) is 24.5 Å². The normalized spacial score (nSPS) is 10.4. The molecule has 0 aliphatic carbocycles. The van der Waals surface area contributed by atoms with E-state index in [1.165, 1.54) is 12.1 Å². The maximum Gasteiger partial charge on any atom is 0.338 e. The van der Waals surface area contributed by atoms with Crippen LogP contribution in [0.5, 0.6) is 0 Å². The highest BCUT2D eigenvalue weighted by Crippen LogP contribution is 2.22. The third kappa shape index (κ3) is 3.31. The number of hydrogen-bond donors (Lipinski definition) is 2. The first kappa shape index (κ1) is 14.8. The summed E-state index contributed by atoms with van der Waals surface area (Å²) in [5.41, 5.74) is 7.39. The number of anilines is 2. The number of hydrogen-bond acceptors (Lipinski definition) is 3. The lowest BCUT2D eigenvalue weighted by atomic mass is 10.0. The molecule has 0 amide bonds. The zero-order chi connectivity index (χ0) is 15.4. The van der Waals surface area contributed by atoms with Crippen LogP contribution in [0.1, 0.15) is 22.8 Å². The third-order valence-corrected chi connectivity index (χ3v) is 3.31. The van der Waals surface area contributed by atoms with E-state index in [1.54, 1.807) is 30.3 Å². The van der Waals surface area contributed by atoms with Gasteiger partial charge in [0.15, 0.2) is 0 Å². The average molecular weight is 288 g/mol. The van der Waals surface area contributed by atoms with Gasteiger partial charge in [-0.2, -0.15) is 0 Å². The van der Waals surface area contributed by atoms with E-state index in [0.717, 1.165) is 0 Å². The average Bonchev–Trinajstić information content (AvgIpc) is 2.44. The van der Waals surface area contributed by atoms with Crippen molar-refractivity contribution in [2.45, 2.75) is 13.5 Å². The molecule has 0 unspecified atom stereocenters. The van der Waals surface area contributed by atoms with Gasteiger partial charge in [-0.25, -0.2) is 9.18 Å². The van der Waals surface area contributed by atoms with E-state index in [4.69, 9.17) is 5.73 Å². The molecule has 0 saturated carbocycles. The van der Waals surface area contributed by atoms with Crippen LogP contribution in [0.4, 0.5) is 15.8 Å². The van der Waals surface area contributed by atoms with Crippen molar-refractivity contribution in [2.24, 2.45) is 0 Å². The molecular weight excluding hydrogens is 271 g/mol. The summed E-state index contributed by atoms with van der Waals surface area (Å²) >= 11 is 0. The second kappa shape index (κ2) is 6.26. The van der Waals surface area contributed by atoms with Crippen LogP contribution in [0, 0.1) is 5.82 Å². The largest absolute Gasteiger partial charge is 0.478 e. The molecule has 0 aliphatic heterocycles. The van der Waals surface area contributed by atoms with Crippen molar-refractivity contribution >= 4 is 17.3 Å². The first-order valence-corrected chi connectivity index (χ1v) is 6.64. The van der Waals surface area contributed by atoms with Gasteiger partial charge in [-0.3, -0.25) is 0 Å².